The smallest absolute Gasteiger partial charge is 0.00117 e. The Bertz CT molecular complexity index is 1280. The Balaban J connectivity index is 0.000000825. The highest BCUT2D eigenvalue weighted by Crippen LogP contribution is 2.47. The fourth-order valence-corrected chi connectivity index (χ4v) is 7.57. The van der Waals surface area contributed by atoms with E-state index in [0.29, 0.717) is 0 Å². The number of hydrogen-bond donors (Lipinski definition) is 0. The normalized spacial score (nSPS) is 21.1. The van der Waals surface area contributed by atoms with Crippen molar-refractivity contribution in [2.24, 2.45) is 11.8 Å². The van der Waals surface area contributed by atoms with Crippen LogP contribution in [0, 0.1) is 18.8 Å². The molecule has 3 aliphatic carbocycles. The molecule has 0 nitrogen and oxygen atoms in total. The van der Waals surface area contributed by atoms with Crippen molar-refractivity contribution in [2.45, 2.75) is 163 Å². The third-order valence-electron chi connectivity index (χ3n) is 10.7. The second-order valence-electron chi connectivity index (χ2n) is 15.5. The predicted molar refractivity (Wildman–Crippen MR) is 208 cm³/mol. The lowest BCUT2D eigenvalue weighted by atomic mass is 9.62. The lowest BCUT2D eigenvalue weighted by molar-refractivity contribution is 0.245. The van der Waals surface area contributed by atoms with Crippen LogP contribution in [-0.4, -0.2) is 0 Å². The van der Waals surface area contributed by atoms with Gasteiger partial charge in [0.2, 0.25) is 0 Å². The Morgan fingerprint density at radius 3 is 2.13 bits per heavy atom. The van der Waals surface area contributed by atoms with E-state index in [2.05, 4.69) is 105 Å². The molecule has 0 saturated heterocycles. The van der Waals surface area contributed by atoms with Gasteiger partial charge in [-0.2, -0.15) is 0 Å². The number of hydrogen-bond acceptors (Lipinski definition) is 0. The average molecular weight is 623 g/mol. The number of benzene rings is 1. The van der Waals surface area contributed by atoms with Gasteiger partial charge in [-0.3, -0.25) is 0 Å². The summed E-state index contributed by atoms with van der Waals surface area (Å²) in [6, 6.07) is 5.01. The van der Waals surface area contributed by atoms with Gasteiger partial charge < -0.3 is 0 Å². The van der Waals surface area contributed by atoms with Crippen molar-refractivity contribution in [3.63, 3.8) is 0 Å². The maximum Gasteiger partial charge on any atom is 0.00117 e. The molecule has 0 bridgehead atoms. The van der Waals surface area contributed by atoms with Crippen LogP contribution in [0.4, 0.5) is 0 Å². The third-order valence-corrected chi connectivity index (χ3v) is 10.7. The highest BCUT2D eigenvalue weighted by molar-refractivity contribution is 5.62. The second-order valence-corrected chi connectivity index (χ2v) is 15.5. The summed E-state index contributed by atoms with van der Waals surface area (Å²) in [5.41, 5.74) is 14.8. The molecular weight excluding hydrogens is 553 g/mol. The second kappa shape index (κ2) is 19.3. The van der Waals surface area contributed by atoms with Gasteiger partial charge in [0, 0.05) is 5.57 Å². The molecule has 0 amide bonds. The van der Waals surface area contributed by atoms with E-state index >= 15 is 0 Å². The van der Waals surface area contributed by atoms with Crippen molar-refractivity contribution in [3.8, 4) is 0 Å². The zero-order valence-electron chi connectivity index (χ0n) is 31.7. The predicted octanol–water partition coefficient (Wildman–Crippen LogP) is 14.4. The monoisotopic (exact) mass is 623 g/mol. The summed E-state index contributed by atoms with van der Waals surface area (Å²) < 4.78 is 0. The summed E-state index contributed by atoms with van der Waals surface area (Å²) in [5.74, 6) is 1.98. The quantitative estimate of drug-likeness (QED) is 0.131. The van der Waals surface area contributed by atoms with Crippen LogP contribution in [0.5, 0.6) is 0 Å². The van der Waals surface area contributed by atoms with Gasteiger partial charge in [0.25, 0.3) is 0 Å². The zero-order chi connectivity index (χ0) is 34.3. The average Bonchev–Trinajstić information content (AvgIpc) is 3.38. The van der Waals surface area contributed by atoms with Crippen molar-refractivity contribution in [1.29, 1.82) is 0 Å². The molecular formula is C46H70. The first-order valence-electron chi connectivity index (χ1n) is 18.8. The molecule has 3 aliphatic rings. The van der Waals surface area contributed by atoms with E-state index in [1.807, 2.05) is 19.1 Å². The Labute approximate surface area is 286 Å². The topological polar surface area (TPSA) is 0 Å². The van der Waals surface area contributed by atoms with Crippen LogP contribution in [0.25, 0.3) is 0 Å². The maximum absolute atomic E-state index is 4.55. The lowest BCUT2D eigenvalue weighted by Crippen LogP contribution is -2.34. The molecule has 1 fully saturated rings. The molecule has 1 aromatic carbocycles. The third kappa shape index (κ3) is 11.3. The van der Waals surface area contributed by atoms with E-state index in [4.69, 9.17) is 0 Å². The van der Waals surface area contributed by atoms with Gasteiger partial charge in [-0.15, -0.1) is 5.73 Å². The van der Waals surface area contributed by atoms with E-state index in [1.165, 1.54) is 110 Å². The van der Waals surface area contributed by atoms with Crippen LogP contribution in [0.1, 0.15) is 161 Å². The van der Waals surface area contributed by atoms with Gasteiger partial charge in [0.15, 0.2) is 0 Å². The molecule has 2 atom stereocenters. The number of allylic oxidation sites excluding steroid dienone is 9. The van der Waals surface area contributed by atoms with Gasteiger partial charge >= 0.3 is 0 Å². The fraction of sp³-hybridized carbons (Fsp3) is 0.587. The Morgan fingerprint density at radius 1 is 0.935 bits per heavy atom. The minimum absolute atomic E-state index is 0.241. The summed E-state index contributed by atoms with van der Waals surface area (Å²) in [6.07, 6.45) is 28.6. The minimum atomic E-state index is 0.241. The number of aryl methyl sites for hydroxylation is 1. The van der Waals surface area contributed by atoms with E-state index in [1.54, 1.807) is 17.2 Å². The summed E-state index contributed by atoms with van der Waals surface area (Å²) in [7, 11) is 0. The van der Waals surface area contributed by atoms with Gasteiger partial charge in [0.1, 0.15) is 0 Å². The standard InChI is InChI=1S/C38H54.C5H8.C3H8/c1-9-29-16-14-17-30(24-29)15-12-11-13-18-31(10-2)34-20-19-32(28(34)4)25-33-26-36-35(23-27(33)3)37(5,6)21-22-38(36,7)8;1-3-5-4-2;1-3-2/h19-20,23,26,29-30H,2,4,9,11-18,21-22,24-25H2,1,3,5-8H3;3-5H,1H2,2H3;3H2,1-2H3/b;5-4-;. The Morgan fingerprint density at radius 2 is 1.57 bits per heavy atom. The van der Waals surface area contributed by atoms with Crippen molar-refractivity contribution in [2.75, 3.05) is 0 Å². The van der Waals surface area contributed by atoms with Crippen molar-refractivity contribution in [1.82, 2.24) is 0 Å². The molecule has 0 aliphatic heterocycles. The van der Waals surface area contributed by atoms with Crippen molar-refractivity contribution in [3.05, 3.63) is 113 Å². The molecule has 0 spiro atoms. The summed E-state index contributed by atoms with van der Waals surface area (Å²) in [4.78, 5) is 0. The van der Waals surface area contributed by atoms with Gasteiger partial charge in [-0.05, 0) is 114 Å². The Hall–Kier alpha value is -2.56. The SMILES string of the molecule is C=C/C=C\C.C=C=C(CCCCCC1CCCC(CC)C1)C1=CC=C(Cc2cc3c(cc2C)C(C)(C)CCC3(C)C)C1=C.CCC. The molecule has 0 radical (unpaired) electrons. The van der Waals surface area contributed by atoms with Crippen LogP contribution in [-0.2, 0) is 17.3 Å². The molecule has 1 aromatic rings. The molecule has 0 aromatic heterocycles. The molecule has 2 unspecified atom stereocenters. The van der Waals surface area contributed by atoms with Crippen LogP contribution in [0.2, 0.25) is 0 Å². The molecule has 4 rings (SSSR count). The molecule has 46 heavy (non-hydrogen) atoms. The van der Waals surface area contributed by atoms with Crippen molar-refractivity contribution < 1.29 is 0 Å². The van der Waals surface area contributed by atoms with Crippen LogP contribution in [0.15, 0.2) is 90.3 Å². The summed E-state index contributed by atoms with van der Waals surface area (Å²) >= 11 is 0. The molecule has 1 saturated carbocycles. The minimum Gasteiger partial charge on any atom is -0.125 e. The molecule has 0 heteroatoms. The van der Waals surface area contributed by atoms with Crippen LogP contribution >= 0.6 is 0 Å². The van der Waals surface area contributed by atoms with E-state index in [9.17, 15) is 0 Å². The van der Waals surface area contributed by atoms with E-state index in [0.717, 1.165) is 24.7 Å². The van der Waals surface area contributed by atoms with E-state index in [-0.39, 0.29) is 10.8 Å². The number of fused-ring (bicyclic) bond motifs is 1. The van der Waals surface area contributed by atoms with Crippen LogP contribution < -0.4 is 0 Å². The van der Waals surface area contributed by atoms with E-state index < -0.39 is 0 Å². The van der Waals surface area contributed by atoms with Gasteiger partial charge in [-0.1, -0.05) is 162 Å². The Kier molecular flexibility index (Phi) is 16.6. The largest absolute Gasteiger partial charge is 0.125 e. The number of rotatable bonds is 11. The zero-order valence-corrected chi connectivity index (χ0v) is 31.7. The number of unbranched alkanes of at least 4 members (excludes halogenated alkanes) is 2. The first-order valence-corrected chi connectivity index (χ1v) is 18.8. The fourth-order valence-electron chi connectivity index (χ4n) is 7.57. The maximum atomic E-state index is 4.55. The summed E-state index contributed by atoms with van der Waals surface area (Å²) in [5, 5.41) is 0. The van der Waals surface area contributed by atoms with Crippen LogP contribution in [0.3, 0.4) is 0 Å². The van der Waals surface area contributed by atoms with Crippen molar-refractivity contribution >= 4 is 0 Å². The molecule has 0 N–H and O–H groups in total. The first kappa shape index (κ1) is 39.6. The summed E-state index contributed by atoms with van der Waals surface area (Å²) in [6.45, 7) is 32.6. The highest BCUT2D eigenvalue weighted by atomic mass is 14.4. The molecule has 254 valence electrons. The van der Waals surface area contributed by atoms with Gasteiger partial charge in [0.05, 0.1) is 0 Å². The van der Waals surface area contributed by atoms with Gasteiger partial charge in [-0.25, -0.2) is 0 Å². The molecule has 0 heterocycles. The lowest BCUT2D eigenvalue weighted by Gasteiger charge is -2.42. The first-order chi connectivity index (χ1) is 21.9. The highest BCUT2D eigenvalue weighted by Gasteiger charge is 2.37.